The first-order valence-electron chi connectivity index (χ1n) is 7.94. The van der Waals surface area contributed by atoms with Crippen molar-refractivity contribution in [3.05, 3.63) is 0 Å². The van der Waals surface area contributed by atoms with Crippen LogP contribution in [0.2, 0.25) is 0 Å². The van der Waals surface area contributed by atoms with E-state index >= 15 is 0 Å². The van der Waals surface area contributed by atoms with Crippen molar-refractivity contribution in [1.82, 2.24) is 0 Å². The number of rotatable bonds is 3. The molecule has 0 saturated carbocycles. The molecule has 1 heterocycles. The van der Waals surface area contributed by atoms with Crippen LogP contribution in [0.3, 0.4) is 0 Å². The van der Waals surface area contributed by atoms with Crippen LogP contribution in [0.25, 0.3) is 0 Å². The molecule has 1 aliphatic rings. The lowest BCUT2D eigenvalue weighted by Crippen LogP contribution is -2.43. The maximum atomic E-state index is 12.0. The fourth-order valence-corrected chi connectivity index (χ4v) is 8.58. The van der Waals surface area contributed by atoms with Crippen LogP contribution in [0, 0.1) is 10.8 Å². The van der Waals surface area contributed by atoms with Crippen molar-refractivity contribution < 1.29 is 4.79 Å². The molecule has 20 heavy (non-hydrogen) atoms. The number of hydrogen-bond donors (Lipinski definition) is 0. The van der Waals surface area contributed by atoms with Gasteiger partial charge in [-0.15, -0.1) is 0 Å². The van der Waals surface area contributed by atoms with Crippen molar-refractivity contribution in [1.29, 1.82) is 0 Å². The van der Waals surface area contributed by atoms with Gasteiger partial charge in [0.1, 0.15) is 5.78 Å². The summed E-state index contributed by atoms with van der Waals surface area (Å²) in [5.74, 6) is 0.465. The van der Waals surface area contributed by atoms with E-state index in [1.54, 1.807) is 0 Å². The van der Waals surface area contributed by atoms with Crippen LogP contribution in [-0.4, -0.2) is 22.3 Å². The fraction of sp³-hybridized carbons (Fsp3) is 0.944. The second-order valence-corrected chi connectivity index (χ2v) is 13.6. The van der Waals surface area contributed by atoms with Crippen molar-refractivity contribution in [2.45, 2.75) is 91.9 Å². The molecule has 0 unspecified atom stereocenters. The number of carbonyl (C=O) groups is 1. The fourth-order valence-electron chi connectivity index (χ4n) is 4.39. The Morgan fingerprint density at radius 2 is 1.35 bits per heavy atom. The summed E-state index contributed by atoms with van der Waals surface area (Å²) >= 11 is 0. The number of carbonyl (C=O) groups excluding carboxylic acids is 1. The molecular formula is C18H35OP. The Kier molecular flexibility index (Phi) is 4.88. The zero-order chi connectivity index (χ0) is 16.0. The molecule has 0 aromatic heterocycles. The zero-order valence-corrected chi connectivity index (χ0v) is 16.1. The third-order valence-electron chi connectivity index (χ3n) is 4.32. The predicted molar refractivity (Wildman–Crippen MR) is 92.0 cm³/mol. The molecule has 1 aliphatic heterocycles. The molecule has 0 aromatic carbocycles. The Morgan fingerprint density at radius 1 is 0.950 bits per heavy atom. The molecule has 0 radical (unpaired) electrons. The van der Waals surface area contributed by atoms with Gasteiger partial charge in [-0.05, 0) is 33.7 Å². The summed E-state index contributed by atoms with van der Waals surface area (Å²) in [6, 6.07) is 0. The minimum atomic E-state index is -0.147. The van der Waals surface area contributed by atoms with E-state index in [1.807, 2.05) is 0 Å². The lowest BCUT2D eigenvalue weighted by atomic mass is 9.77. The first kappa shape index (κ1) is 18.1. The van der Waals surface area contributed by atoms with Crippen LogP contribution in [0.4, 0.5) is 0 Å². The Morgan fingerprint density at radius 3 is 1.70 bits per heavy atom. The van der Waals surface area contributed by atoms with E-state index in [2.05, 4.69) is 62.3 Å². The van der Waals surface area contributed by atoms with Crippen molar-refractivity contribution in [3.63, 3.8) is 0 Å². The van der Waals surface area contributed by atoms with Gasteiger partial charge in [0.25, 0.3) is 0 Å². The summed E-state index contributed by atoms with van der Waals surface area (Å²) in [5, 5.41) is 0.395. The molecule has 1 fully saturated rings. The normalized spacial score (nSPS) is 23.9. The van der Waals surface area contributed by atoms with E-state index in [0.29, 0.717) is 16.6 Å². The van der Waals surface area contributed by atoms with Crippen LogP contribution in [0.15, 0.2) is 0 Å². The molecule has 0 spiro atoms. The number of hydrogen-bond acceptors (Lipinski definition) is 1. The standard InChI is InChI=1S/C18H35OP/c1-15(2,3)12-16(4,5)13-20-17(6,7)10-14(19)11-18(20,8)9/h10-13H2,1-9H3. The van der Waals surface area contributed by atoms with Crippen molar-refractivity contribution >= 4 is 13.7 Å². The third-order valence-corrected chi connectivity index (χ3v) is 8.73. The van der Waals surface area contributed by atoms with E-state index in [0.717, 1.165) is 12.8 Å². The summed E-state index contributed by atoms with van der Waals surface area (Å²) in [6.45, 7) is 21.1. The Labute approximate surface area is 128 Å². The lowest BCUT2D eigenvalue weighted by Gasteiger charge is -2.52. The Bertz CT molecular complexity index is 351. The SMILES string of the molecule is CC(C)(C)CC(C)(C)CP1C(C)(C)CC(=O)CC1(C)C. The molecular weight excluding hydrogens is 263 g/mol. The Balaban J connectivity index is 2.95. The van der Waals surface area contributed by atoms with Gasteiger partial charge in [0.05, 0.1) is 0 Å². The molecule has 0 atom stereocenters. The molecule has 1 nitrogen and oxygen atoms in total. The summed E-state index contributed by atoms with van der Waals surface area (Å²) in [4.78, 5) is 12.0. The average molecular weight is 298 g/mol. The van der Waals surface area contributed by atoms with Crippen molar-refractivity contribution in [3.8, 4) is 0 Å². The second kappa shape index (κ2) is 5.38. The average Bonchev–Trinajstić information content (AvgIpc) is 2.05. The summed E-state index contributed by atoms with van der Waals surface area (Å²) in [5.41, 5.74) is 0.734. The third kappa shape index (κ3) is 4.83. The topological polar surface area (TPSA) is 17.1 Å². The molecule has 2 heteroatoms. The van der Waals surface area contributed by atoms with Crippen molar-refractivity contribution in [2.75, 3.05) is 6.16 Å². The van der Waals surface area contributed by atoms with E-state index in [9.17, 15) is 4.79 Å². The molecule has 118 valence electrons. The highest BCUT2D eigenvalue weighted by Gasteiger charge is 2.48. The van der Waals surface area contributed by atoms with Crippen LogP contribution >= 0.6 is 7.92 Å². The molecule has 1 rings (SSSR count). The highest BCUT2D eigenvalue weighted by Crippen LogP contribution is 2.67. The predicted octanol–water partition coefficient (Wildman–Crippen LogP) is 5.85. The van der Waals surface area contributed by atoms with Gasteiger partial charge in [-0.2, -0.15) is 0 Å². The monoisotopic (exact) mass is 298 g/mol. The van der Waals surface area contributed by atoms with Gasteiger partial charge in [-0.3, -0.25) is 4.79 Å². The van der Waals surface area contributed by atoms with Gasteiger partial charge >= 0.3 is 0 Å². The maximum Gasteiger partial charge on any atom is 0.134 e. The second-order valence-electron chi connectivity index (χ2n) is 10.0. The summed E-state index contributed by atoms with van der Waals surface area (Å²) < 4.78 is 0. The van der Waals surface area contributed by atoms with E-state index in [1.165, 1.54) is 12.6 Å². The lowest BCUT2D eigenvalue weighted by molar-refractivity contribution is -0.120. The number of Topliss-reactive ketones (excluding diaryl/α,β-unsaturated/α-hetero) is 1. The maximum absolute atomic E-state index is 12.0. The van der Waals surface area contributed by atoms with Gasteiger partial charge < -0.3 is 0 Å². The van der Waals surface area contributed by atoms with Crippen LogP contribution < -0.4 is 0 Å². The molecule has 0 aliphatic carbocycles. The summed E-state index contributed by atoms with van der Waals surface area (Å²) in [7, 11) is -0.147. The first-order chi connectivity index (χ1) is 8.65. The van der Waals surface area contributed by atoms with Crippen LogP contribution in [-0.2, 0) is 4.79 Å². The number of ketones is 1. The Hall–Kier alpha value is 0.100. The van der Waals surface area contributed by atoms with Gasteiger partial charge in [0.15, 0.2) is 0 Å². The van der Waals surface area contributed by atoms with E-state index in [4.69, 9.17) is 0 Å². The summed E-state index contributed by atoms with van der Waals surface area (Å²) in [6.07, 6.45) is 4.10. The van der Waals surface area contributed by atoms with Gasteiger partial charge in [0, 0.05) is 12.8 Å². The molecule has 0 amide bonds. The highest BCUT2D eigenvalue weighted by molar-refractivity contribution is 7.61. The zero-order valence-electron chi connectivity index (χ0n) is 15.2. The molecule has 0 bridgehead atoms. The van der Waals surface area contributed by atoms with E-state index in [-0.39, 0.29) is 18.2 Å². The first-order valence-corrected chi connectivity index (χ1v) is 9.47. The largest absolute Gasteiger partial charge is 0.300 e. The van der Waals surface area contributed by atoms with E-state index < -0.39 is 0 Å². The van der Waals surface area contributed by atoms with Crippen LogP contribution in [0.5, 0.6) is 0 Å². The minimum Gasteiger partial charge on any atom is -0.300 e. The smallest absolute Gasteiger partial charge is 0.134 e. The van der Waals surface area contributed by atoms with Gasteiger partial charge in [-0.1, -0.05) is 70.2 Å². The molecule has 1 saturated heterocycles. The minimum absolute atomic E-state index is 0.147. The van der Waals surface area contributed by atoms with Gasteiger partial charge in [-0.25, -0.2) is 0 Å². The molecule has 0 N–H and O–H groups in total. The quantitative estimate of drug-likeness (QED) is 0.597. The highest BCUT2D eigenvalue weighted by atomic mass is 31.1. The van der Waals surface area contributed by atoms with Crippen molar-refractivity contribution in [2.24, 2.45) is 10.8 Å². The molecule has 0 aromatic rings. The van der Waals surface area contributed by atoms with Gasteiger partial charge in [0.2, 0.25) is 0 Å². The van der Waals surface area contributed by atoms with Crippen LogP contribution in [0.1, 0.15) is 81.6 Å².